The molecule has 2 heterocycles. The van der Waals surface area contributed by atoms with Crippen LogP contribution in [0.3, 0.4) is 0 Å². The molecule has 2 aromatic rings. The predicted molar refractivity (Wildman–Crippen MR) is 99.0 cm³/mol. The number of para-hydroxylation sites is 1. The van der Waals surface area contributed by atoms with Crippen LogP contribution in [0.5, 0.6) is 0 Å². The monoisotopic (exact) mass is 374 g/mol. The largest absolute Gasteiger partial charge is 0.456 e. The maximum atomic E-state index is 12.4. The van der Waals surface area contributed by atoms with Gasteiger partial charge in [-0.05, 0) is 31.9 Å². The molecule has 0 spiro atoms. The highest BCUT2D eigenvalue weighted by molar-refractivity contribution is 7.18. The normalized spacial score (nSPS) is 17.3. The lowest BCUT2D eigenvalue weighted by atomic mass is 9.99. The first-order valence-corrected chi connectivity index (χ1v) is 9.63. The van der Waals surface area contributed by atoms with E-state index in [1.165, 1.54) is 6.92 Å². The summed E-state index contributed by atoms with van der Waals surface area (Å²) in [6.45, 7) is 2.44. The molecule has 1 amide bonds. The van der Waals surface area contributed by atoms with Gasteiger partial charge in [0, 0.05) is 25.4 Å². The highest BCUT2D eigenvalue weighted by Crippen LogP contribution is 2.32. The third-order valence-corrected chi connectivity index (χ3v) is 5.67. The number of hydrogen-bond donors (Lipinski definition) is 0. The van der Waals surface area contributed by atoms with Crippen LogP contribution >= 0.6 is 11.3 Å². The number of esters is 1. The second-order valence-corrected chi connectivity index (χ2v) is 7.62. The van der Waals surface area contributed by atoms with Crippen molar-refractivity contribution in [1.29, 1.82) is 0 Å². The van der Waals surface area contributed by atoms with Crippen LogP contribution in [0, 0.1) is 0 Å². The van der Waals surface area contributed by atoms with Crippen molar-refractivity contribution >= 4 is 39.2 Å². The Morgan fingerprint density at radius 2 is 2.08 bits per heavy atom. The maximum Gasteiger partial charge on any atom is 0.306 e. The number of likely N-dealkylation sites (tertiary alicyclic amines) is 1. The maximum absolute atomic E-state index is 12.4. The van der Waals surface area contributed by atoms with E-state index in [4.69, 9.17) is 9.72 Å². The molecule has 1 fully saturated rings. The Labute approximate surface area is 156 Å². The number of carbonyl (C=O) groups excluding carboxylic acids is 3. The molecule has 0 aliphatic carbocycles. The molecule has 1 saturated heterocycles. The van der Waals surface area contributed by atoms with Gasteiger partial charge in [0.25, 0.3) is 5.91 Å². The summed E-state index contributed by atoms with van der Waals surface area (Å²) >= 11 is 1.68. The number of Topliss-reactive ketones (excluding diaryl/α,β-unsaturated/α-hetero) is 1. The molecule has 0 unspecified atom stereocenters. The molecular weight excluding hydrogens is 352 g/mol. The lowest BCUT2D eigenvalue weighted by Gasteiger charge is -2.31. The standard InChI is InChI=1S/C19H22N2O4S/c1-13(22)8-9-18(24)25-12-17(23)21-10-4-5-14(11-21)19-20-15-6-2-3-7-16(15)26-19/h2-3,6-7,14H,4-5,8-12H2,1H3/t14-/m0/s1. The van der Waals surface area contributed by atoms with Crippen molar-refractivity contribution in [3.63, 3.8) is 0 Å². The molecule has 138 valence electrons. The van der Waals surface area contributed by atoms with Crippen molar-refractivity contribution < 1.29 is 19.1 Å². The molecule has 7 heteroatoms. The van der Waals surface area contributed by atoms with Crippen molar-refractivity contribution in [1.82, 2.24) is 9.88 Å². The van der Waals surface area contributed by atoms with Crippen molar-refractivity contribution in [2.45, 2.75) is 38.5 Å². The molecule has 1 aliphatic rings. The predicted octanol–water partition coefficient (Wildman–Crippen LogP) is 2.91. The second kappa shape index (κ2) is 8.40. The number of ether oxygens (including phenoxy) is 1. The number of rotatable bonds is 6. The summed E-state index contributed by atoms with van der Waals surface area (Å²) in [6, 6.07) is 8.04. The van der Waals surface area contributed by atoms with E-state index >= 15 is 0 Å². The van der Waals surface area contributed by atoms with E-state index in [1.807, 2.05) is 18.2 Å². The summed E-state index contributed by atoms with van der Waals surface area (Å²) in [5, 5.41) is 1.06. The summed E-state index contributed by atoms with van der Waals surface area (Å²) in [5.74, 6) is -0.540. The van der Waals surface area contributed by atoms with Crippen LogP contribution in [0.15, 0.2) is 24.3 Å². The minimum Gasteiger partial charge on any atom is -0.456 e. The quantitative estimate of drug-likeness (QED) is 0.727. The van der Waals surface area contributed by atoms with Crippen LogP contribution in [0.1, 0.15) is 43.5 Å². The SMILES string of the molecule is CC(=O)CCC(=O)OCC(=O)N1CCC[C@H](c2nc3ccccc3s2)C1. The fourth-order valence-corrected chi connectivity index (χ4v) is 4.15. The fourth-order valence-electron chi connectivity index (χ4n) is 3.05. The van der Waals surface area contributed by atoms with Gasteiger partial charge in [-0.2, -0.15) is 0 Å². The topological polar surface area (TPSA) is 76.6 Å². The lowest BCUT2D eigenvalue weighted by Crippen LogP contribution is -2.41. The summed E-state index contributed by atoms with van der Waals surface area (Å²) < 4.78 is 6.16. The smallest absolute Gasteiger partial charge is 0.306 e. The average molecular weight is 374 g/mol. The number of fused-ring (bicyclic) bond motifs is 1. The number of piperidine rings is 1. The van der Waals surface area contributed by atoms with Gasteiger partial charge >= 0.3 is 5.97 Å². The van der Waals surface area contributed by atoms with Crippen molar-refractivity contribution in [2.75, 3.05) is 19.7 Å². The number of benzene rings is 1. The zero-order valence-electron chi connectivity index (χ0n) is 14.8. The van der Waals surface area contributed by atoms with Crippen LogP contribution in [-0.2, 0) is 19.1 Å². The number of carbonyl (C=O) groups is 3. The van der Waals surface area contributed by atoms with Crippen LogP contribution < -0.4 is 0 Å². The van der Waals surface area contributed by atoms with E-state index in [2.05, 4.69) is 6.07 Å². The molecule has 6 nitrogen and oxygen atoms in total. The van der Waals surface area contributed by atoms with Gasteiger partial charge in [-0.1, -0.05) is 12.1 Å². The summed E-state index contributed by atoms with van der Waals surface area (Å²) in [5.41, 5.74) is 0.996. The Bertz CT molecular complexity index is 784. The molecule has 1 atom stereocenters. The van der Waals surface area contributed by atoms with E-state index in [9.17, 15) is 14.4 Å². The van der Waals surface area contributed by atoms with Gasteiger partial charge < -0.3 is 14.4 Å². The first-order valence-electron chi connectivity index (χ1n) is 8.81. The highest BCUT2D eigenvalue weighted by atomic mass is 32.1. The molecule has 1 aromatic carbocycles. The van der Waals surface area contributed by atoms with Gasteiger partial charge in [0.05, 0.1) is 21.6 Å². The minimum absolute atomic E-state index is 0.0247. The van der Waals surface area contributed by atoms with E-state index < -0.39 is 5.97 Å². The van der Waals surface area contributed by atoms with Crippen LogP contribution in [0.2, 0.25) is 0 Å². The Morgan fingerprint density at radius 3 is 2.85 bits per heavy atom. The van der Waals surface area contributed by atoms with Crippen molar-refractivity contribution in [2.24, 2.45) is 0 Å². The van der Waals surface area contributed by atoms with Gasteiger partial charge in [-0.3, -0.25) is 9.59 Å². The number of aromatic nitrogens is 1. The van der Waals surface area contributed by atoms with Gasteiger partial charge in [-0.15, -0.1) is 11.3 Å². The number of ketones is 1. The second-order valence-electron chi connectivity index (χ2n) is 6.56. The van der Waals surface area contributed by atoms with Crippen LogP contribution in [-0.4, -0.2) is 47.2 Å². The molecular formula is C19H22N2O4S. The summed E-state index contributed by atoms with van der Waals surface area (Å²) in [6.07, 6.45) is 2.08. The molecule has 0 N–H and O–H groups in total. The zero-order chi connectivity index (χ0) is 18.5. The first-order chi connectivity index (χ1) is 12.5. The molecule has 1 aliphatic heterocycles. The zero-order valence-corrected chi connectivity index (χ0v) is 15.6. The van der Waals surface area contributed by atoms with Crippen LogP contribution in [0.4, 0.5) is 0 Å². The molecule has 0 saturated carbocycles. The average Bonchev–Trinajstić information content (AvgIpc) is 3.08. The number of amides is 1. The summed E-state index contributed by atoms with van der Waals surface area (Å²) in [7, 11) is 0. The number of nitrogens with zero attached hydrogens (tertiary/aromatic N) is 2. The molecule has 0 radical (unpaired) electrons. The lowest BCUT2D eigenvalue weighted by molar-refractivity contribution is -0.152. The van der Waals surface area contributed by atoms with Gasteiger partial charge in [0.1, 0.15) is 5.78 Å². The van der Waals surface area contributed by atoms with Gasteiger partial charge in [0.15, 0.2) is 6.61 Å². The fraction of sp³-hybridized carbons (Fsp3) is 0.474. The highest BCUT2D eigenvalue weighted by Gasteiger charge is 2.27. The van der Waals surface area contributed by atoms with E-state index in [-0.39, 0.29) is 37.1 Å². The Morgan fingerprint density at radius 1 is 1.27 bits per heavy atom. The van der Waals surface area contributed by atoms with Gasteiger partial charge in [0.2, 0.25) is 0 Å². The molecule has 26 heavy (non-hydrogen) atoms. The van der Waals surface area contributed by atoms with Crippen LogP contribution in [0.25, 0.3) is 10.2 Å². The third-order valence-electron chi connectivity index (χ3n) is 4.47. The van der Waals surface area contributed by atoms with Crippen molar-refractivity contribution in [3.05, 3.63) is 29.3 Å². The third kappa shape index (κ3) is 4.66. The van der Waals surface area contributed by atoms with E-state index in [1.54, 1.807) is 16.2 Å². The number of thiazole rings is 1. The van der Waals surface area contributed by atoms with Crippen molar-refractivity contribution in [3.8, 4) is 0 Å². The Balaban J connectivity index is 1.55. The van der Waals surface area contributed by atoms with E-state index in [0.29, 0.717) is 13.1 Å². The minimum atomic E-state index is -0.506. The summed E-state index contributed by atoms with van der Waals surface area (Å²) in [4.78, 5) is 41.3. The van der Waals surface area contributed by atoms with E-state index in [0.717, 1.165) is 28.1 Å². The molecule has 0 bridgehead atoms. The van der Waals surface area contributed by atoms with Gasteiger partial charge in [-0.25, -0.2) is 4.98 Å². The number of hydrogen-bond acceptors (Lipinski definition) is 6. The Kier molecular flexibility index (Phi) is 5.98. The Hall–Kier alpha value is -2.28. The molecule has 1 aromatic heterocycles. The molecule has 3 rings (SSSR count). The first kappa shape index (κ1) is 18.5.